The molecule has 0 radical (unpaired) electrons. The van der Waals surface area contributed by atoms with Crippen molar-refractivity contribution in [1.82, 2.24) is 9.55 Å². The number of aromatic nitrogens is 2. The van der Waals surface area contributed by atoms with Crippen molar-refractivity contribution in [3.8, 4) is 6.07 Å². The van der Waals surface area contributed by atoms with Crippen LogP contribution in [0.4, 0.5) is 5.69 Å². The normalized spacial score (nSPS) is 10.5. The zero-order valence-electron chi connectivity index (χ0n) is 12.1. The van der Waals surface area contributed by atoms with E-state index in [1.165, 1.54) is 0 Å². The van der Waals surface area contributed by atoms with Crippen molar-refractivity contribution in [1.29, 1.82) is 5.26 Å². The van der Waals surface area contributed by atoms with Crippen LogP contribution in [0.5, 0.6) is 0 Å². The number of rotatable bonds is 3. The Hall–Kier alpha value is -2.80. The maximum Gasteiger partial charge on any atom is 0.127 e. The van der Waals surface area contributed by atoms with E-state index >= 15 is 0 Å². The Bertz CT molecular complexity index is 826. The smallest absolute Gasteiger partial charge is 0.127 e. The molecule has 0 amide bonds. The summed E-state index contributed by atoms with van der Waals surface area (Å²) in [5.74, 6) is 1.01. The Balaban J connectivity index is 2.05. The molecule has 2 aromatic carbocycles. The van der Waals surface area contributed by atoms with Crippen LogP contribution >= 0.6 is 0 Å². The number of hydrogen-bond donors (Lipinski definition) is 0. The van der Waals surface area contributed by atoms with E-state index in [1.54, 1.807) is 6.20 Å². The number of anilines is 1. The molecule has 104 valence electrons. The van der Waals surface area contributed by atoms with Crippen LogP contribution in [0, 0.1) is 11.3 Å². The zero-order valence-corrected chi connectivity index (χ0v) is 12.1. The van der Waals surface area contributed by atoms with E-state index < -0.39 is 0 Å². The lowest BCUT2D eigenvalue weighted by Crippen LogP contribution is -2.19. The third-order valence-electron chi connectivity index (χ3n) is 3.73. The van der Waals surface area contributed by atoms with Crippen LogP contribution in [-0.2, 0) is 13.6 Å². The molecule has 0 atom stereocenters. The monoisotopic (exact) mass is 276 g/mol. The standard InChI is InChI=1S/C17H16N4/c1-20-10-9-19-17(20)12-21(2)16-8-7-13(11-18)14-5-3-4-6-15(14)16/h3-10H,12H2,1-2H3. The Kier molecular flexibility index (Phi) is 3.33. The van der Waals surface area contributed by atoms with E-state index in [0.29, 0.717) is 5.56 Å². The van der Waals surface area contributed by atoms with Crippen LogP contribution < -0.4 is 4.90 Å². The molecule has 3 rings (SSSR count). The minimum absolute atomic E-state index is 0.708. The van der Waals surface area contributed by atoms with Crippen molar-refractivity contribution in [2.24, 2.45) is 7.05 Å². The first-order valence-electron chi connectivity index (χ1n) is 6.80. The summed E-state index contributed by atoms with van der Waals surface area (Å²) in [5, 5.41) is 11.3. The first-order valence-corrected chi connectivity index (χ1v) is 6.80. The summed E-state index contributed by atoms with van der Waals surface area (Å²) in [6.45, 7) is 0.722. The van der Waals surface area contributed by atoms with Gasteiger partial charge < -0.3 is 9.47 Å². The zero-order chi connectivity index (χ0) is 14.8. The Morgan fingerprint density at radius 1 is 1.19 bits per heavy atom. The first-order chi connectivity index (χ1) is 10.2. The molecule has 0 aliphatic rings. The molecular weight excluding hydrogens is 260 g/mol. The molecule has 4 heteroatoms. The predicted molar refractivity (Wildman–Crippen MR) is 84.0 cm³/mol. The van der Waals surface area contributed by atoms with Gasteiger partial charge in [-0.25, -0.2) is 4.98 Å². The molecule has 1 aromatic heterocycles. The summed E-state index contributed by atoms with van der Waals surface area (Å²) < 4.78 is 2.02. The average Bonchev–Trinajstić information content (AvgIpc) is 2.91. The SMILES string of the molecule is CN(Cc1nccn1C)c1ccc(C#N)c2ccccc12. The van der Waals surface area contributed by atoms with Crippen LogP contribution in [0.25, 0.3) is 10.8 Å². The molecule has 21 heavy (non-hydrogen) atoms. The summed E-state index contributed by atoms with van der Waals surface area (Å²) >= 11 is 0. The molecule has 0 N–H and O–H groups in total. The highest BCUT2D eigenvalue weighted by Crippen LogP contribution is 2.29. The van der Waals surface area contributed by atoms with Crippen molar-refractivity contribution in [2.45, 2.75) is 6.54 Å². The van der Waals surface area contributed by atoms with Gasteiger partial charge in [0.05, 0.1) is 18.2 Å². The fraction of sp³-hybridized carbons (Fsp3) is 0.176. The van der Waals surface area contributed by atoms with Gasteiger partial charge in [-0.1, -0.05) is 24.3 Å². The number of hydrogen-bond acceptors (Lipinski definition) is 3. The maximum absolute atomic E-state index is 9.23. The van der Waals surface area contributed by atoms with Gasteiger partial charge in [0.15, 0.2) is 0 Å². The molecule has 4 nitrogen and oxygen atoms in total. The molecule has 0 fully saturated rings. The fourth-order valence-electron chi connectivity index (χ4n) is 2.56. The van der Waals surface area contributed by atoms with Crippen LogP contribution in [0.3, 0.4) is 0 Å². The summed E-state index contributed by atoms with van der Waals surface area (Å²) in [6.07, 6.45) is 3.75. The maximum atomic E-state index is 9.23. The molecule has 1 heterocycles. The molecule has 0 saturated carbocycles. The van der Waals surface area contributed by atoms with Crippen molar-refractivity contribution in [3.05, 3.63) is 60.2 Å². The van der Waals surface area contributed by atoms with Gasteiger partial charge in [-0.3, -0.25) is 0 Å². The van der Waals surface area contributed by atoms with E-state index in [1.807, 2.05) is 55.2 Å². The van der Waals surface area contributed by atoms with Gasteiger partial charge in [-0.15, -0.1) is 0 Å². The van der Waals surface area contributed by atoms with Crippen LogP contribution in [-0.4, -0.2) is 16.6 Å². The lowest BCUT2D eigenvalue weighted by atomic mass is 10.0. The van der Waals surface area contributed by atoms with E-state index in [2.05, 4.69) is 22.0 Å². The summed E-state index contributed by atoms with van der Waals surface area (Å²) in [5.41, 5.74) is 1.81. The van der Waals surface area contributed by atoms with Gasteiger partial charge in [0, 0.05) is 42.9 Å². The first kappa shape index (κ1) is 13.2. The lowest BCUT2D eigenvalue weighted by Gasteiger charge is -2.21. The predicted octanol–water partition coefficient (Wildman–Crippen LogP) is 3.08. The summed E-state index contributed by atoms with van der Waals surface area (Å²) in [7, 11) is 4.04. The number of nitrogens with zero attached hydrogens (tertiary/aromatic N) is 4. The molecule has 0 spiro atoms. The minimum atomic E-state index is 0.708. The van der Waals surface area contributed by atoms with E-state index in [-0.39, 0.29) is 0 Å². The number of fused-ring (bicyclic) bond motifs is 1. The summed E-state index contributed by atoms with van der Waals surface area (Å²) in [4.78, 5) is 6.52. The third-order valence-corrected chi connectivity index (χ3v) is 3.73. The molecule has 0 aliphatic heterocycles. The molecule has 0 saturated heterocycles. The quantitative estimate of drug-likeness (QED) is 0.738. The molecular formula is C17H16N4. The van der Waals surface area contributed by atoms with Crippen LogP contribution in [0.15, 0.2) is 48.8 Å². The van der Waals surface area contributed by atoms with Gasteiger partial charge in [0.2, 0.25) is 0 Å². The molecule has 0 aliphatic carbocycles. The topological polar surface area (TPSA) is 44.9 Å². The third kappa shape index (κ3) is 2.34. The second-order valence-corrected chi connectivity index (χ2v) is 5.10. The highest BCUT2D eigenvalue weighted by Gasteiger charge is 2.11. The van der Waals surface area contributed by atoms with Gasteiger partial charge in [0.1, 0.15) is 5.82 Å². The van der Waals surface area contributed by atoms with Crippen LogP contribution in [0.1, 0.15) is 11.4 Å². The van der Waals surface area contributed by atoms with Gasteiger partial charge >= 0.3 is 0 Å². The Morgan fingerprint density at radius 3 is 2.62 bits per heavy atom. The van der Waals surface area contributed by atoms with Crippen molar-refractivity contribution < 1.29 is 0 Å². The molecule has 0 bridgehead atoms. The van der Waals surface area contributed by atoms with Crippen LogP contribution in [0.2, 0.25) is 0 Å². The Labute approximate surface area is 123 Å². The highest BCUT2D eigenvalue weighted by molar-refractivity contribution is 5.97. The van der Waals surface area contributed by atoms with E-state index in [4.69, 9.17) is 0 Å². The second-order valence-electron chi connectivity index (χ2n) is 5.10. The van der Waals surface area contributed by atoms with Gasteiger partial charge in [0.25, 0.3) is 0 Å². The van der Waals surface area contributed by atoms with Crippen molar-refractivity contribution >= 4 is 16.5 Å². The van der Waals surface area contributed by atoms with Crippen molar-refractivity contribution in [2.75, 3.05) is 11.9 Å². The second kappa shape index (κ2) is 5.29. The van der Waals surface area contributed by atoms with E-state index in [9.17, 15) is 5.26 Å². The number of imidazole rings is 1. The Morgan fingerprint density at radius 2 is 1.95 bits per heavy atom. The van der Waals surface area contributed by atoms with E-state index in [0.717, 1.165) is 28.8 Å². The van der Waals surface area contributed by atoms with Gasteiger partial charge in [-0.05, 0) is 12.1 Å². The van der Waals surface area contributed by atoms with Gasteiger partial charge in [-0.2, -0.15) is 5.26 Å². The largest absolute Gasteiger partial charge is 0.367 e. The number of benzene rings is 2. The molecule has 0 unspecified atom stereocenters. The summed E-state index contributed by atoms with van der Waals surface area (Å²) in [6, 6.07) is 14.2. The minimum Gasteiger partial charge on any atom is -0.367 e. The number of aryl methyl sites for hydroxylation is 1. The average molecular weight is 276 g/mol. The number of nitriles is 1. The van der Waals surface area contributed by atoms with Crippen molar-refractivity contribution in [3.63, 3.8) is 0 Å². The molecule has 3 aromatic rings. The highest BCUT2D eigenvalue weighted by atomic mass is 15.2. The fourth-order valence-corrected chi connectivity index (χ4v) is 2.56. The lowest BCUT2D eigenvalue weighted by molar-refractivity contribution is 0.763.